The van der Waals surface area contributed by atoms with E-state index in [-0.39, 0.29) is 18.4 Å². The molecule has 0 aromatic carbocycles. The van der Waals surface area contributed by atoms with Gasteiger partial charge in [-0.15, -0.1) is 0 Å². The van der Waals surface area contributed by atoms with Gasteiger partial charge in [0.25, 0.3) is 0 Å². The predicted octanol–water partition coefficient (Wildman–Crippen LogP) is -5.26. The van der Waals surface area contributed by atoms with E-state index < -0.39 is 12.0 Å². The topological polar surface area (TPSA) is 129 Å². The Bertz CT molecular complexity index is 181. The standard InChI is InChI=1S/C6H14N4O2.ClH/c7-4(5(11)12)2-1-3-10-6(8)9;/h4H,1-3,7H2,(H,11,12)(H4,8,9,10);1H/i5+1;. The summed E-state index contributed by atoms with van der Waals surface area (Å²) in [7, 11) is 0. The Labute approximate surface area is 82.6 Å². The number of aliphatic carboxylic acids is 1. The van der Waals surface area contributed by atoms with Crippen LogP contribution in [0.4, 0.5) is 0 Å². The molecule has 0 bridgehead atoms. The minimum atomic E-state index is -0.889. The Morgan fingerprint density at radius 3 is 2.46 bits per heavy atom. The number of aliphatic imine (C=N–C) groups is 1. The summed E-state index contributed by atoms with van der Waals surface area (Å²) in [5.41, 5.74) is 13.6. The highest BCUT2D eigenvalue weighted by atomic mass is 35.5. The lowest BCUT2D eigenvalue weighted by atomic mass is 10.2. The second-order valence-corrected chi connectivity index (χ2v) is 2.48. The van der Waals surface area contributed by atoms with E-state index in [2.05, 4.69) is 10.7 Å². The first-order valence-corrected chi connectivity index (χ1v) is 3.65. The Kier molecular flexibility index (Phi) is 8.52. The Morgan fingerprint density at radius 1 is 1.54 bits per heavy atom. The average molecular weight is 212 g/mol. The number of carbonyl (C=O) groups is 1. The molecule has 0 aliphatic carbocycles. The third-order valence-electron chi connectivity index (χ3n) is 1.35. The van der Waals surface area contributed by atoms with E-state index in [1.54, 1.807) is 0 Å². The first-order valence-electron chi connectivity index (χ1n) is 3.65. The van der Waals surface area contributed by atoms with E-state index in [0.717, 1.165) is 0 Å². The summed E-state index contributed by atoms with van der Waals surface area (Å²) >= 11 is 0. The van der Waals surface area contributed by atoms with Crippen LogP contribution in [0.1, 0.15) is 12.8 Å². The summed E-state index contributed by atoms with van der Waals surface area (Å²) in [5.74, 6) is -0.856. The van der Waals surface area contributed by atoms with Crippen LogP contribution >= 0.6 is 0 Å². The van der Waals surface area contributed by atoms with Crippen LogP contribution in [0.25, 0.3) is 0 Å². The van der Waals surface area contributed by atoms with Crippen molar-refractivity contribution in [2.75, 3.05) is 6.54 Å². The molecule has 8 N–H and O–H groups in total. The SMILES string of the molecule is NC(N)=NCCCC([NH3+])[13C](=O)O.[Cl-]. The fourth-order valence-electron chi connectivity index (χ4n) is 0.669. The zero-order chi connectivity index (χ0) is 9.56. The molecule has 1 unspecified atom stereocenters. The fraction of sp³-hybridized carbons (Fsp3) is 0.667. The van der Waals surface area contributed by atoms with Gasteiger partial charge in [0.15, 0.2) is 12.0 Å². The third kappa shape index (κ3) is 8.90. The number of carboxylic acid groups (broad SMARTS) is 1. The molecule has 0 fully saturated rings. The van der Waals surface area contributed by atoms with Crippen LogP contribution in [0.2, 0.25) is 0 Å². The van der Waals surface area contributed by atoms with Crippen LogP contribution in [-0.2, 0) is 4.79 Å². The summed E-state index contributed by atoms with van der Waals surface area (Å²) < 4.78 is 0. The fourth-order valence-corrected chi connectivity index (χ4v) is 0.669. The van der Waals surface area contributed by atoms with E-state index in [0.29, 0.717) is 19.4 Å². The van der Waals surface area contributed by atoms with Gasteiger partial charge in [0, 0.05) is 13.0 Å². The number of quaternary nitrogens is 1. The number of hydrogen-bond acceptors (Lipinski definition) is 2. The zero-order valence-electron chi connectivity index (χ0n) is 7.24. The monoisotopic (exact) mass is 211 g/mol. The number of carboxylic acids is 1. The Balaban J connectivity index is 0. The normalized spacial score (nSPS) is 11.2. The summed E-state index contributed by atoms with van der Waals surface area (Å²) in [6.45, 7) is 0.460. The van der Waals surface area contributed by atoms with E-state index >= 15 is 0 Å². The van der Waals surface area contributed by atoms with Gasteiger partial charge in [-0.2, -0.15) is 0 Å². The molecule has 0 rings (SSSR count). The lowest BCUT2D eigenvalue weighted by molar-refractivity contribution is -0.409. The maximum Gasteiger partial charge on any atom is 0.362 e. The van der Waals surface area contributed by atoms with Crippen LogP contribution in [0.3, 0.4) is 0 Å². The van der Waals surface area contributed by atoms with E-state index in [4.69, 9.17) is 16.6 Å². The average Bonchev–Trinajstić information content (AvgIpc) is 1.97. The quantitative estimate of drug-likeness (QED) is 0.157. The van der Waals surface area contributed by atoms with Crippen molar-refractivity contribution < 1.29 is 28.0 Å². The molecule has 0 aliphatic heterocycles. The van der Waals surface area contributed by atoms with E-state index in [1.807, 2.05) is 0 Å². The number of hydrogen-bond donors (Lipinski definition) is 4. The Hall–Kier alpha value is -1.01. The van der Waals surface area contributed by atoms with E-state index in [1.165, 1.54) is 0 Å². The van der Waals surface area contributed by atoms with Crippen molar-refractivity contribution in [2.24, 2.45) is 16.5 Å². The van der Waals surface area contributed by atoms with Gasteiger partial charge in [0.1, 0.15) is 0 Å². The molecule has 78 valence electrons. The number of nitrogens with zero attached hydrogens (tertiary/aromatic N) is 1. The van der Waals surface area contributed by atoms with Crippen LogP contribution in [-0.4, -0.2) is 29.6 Å². The highest BCUT2D eigenvalue weighted by Crippen LogP contribution is 1.92. The van der Waals surface area contributed by atoms with Crippen molar-refractivity contribution in [3.05, 3.63) is 0 Å². The maximum atomic E-state index is 10.3. The highest BCUT2D eigenvalue weighted by molar-refractivity contribution is 5.75. The molecule has 0 aliphatic rings. The van der Waals surface area contributed by atoms with Gasteiger partial charge < -0.3 is 34.7 Å². The van der Waals surface area contributed by atoms with E-state index in [9.17, 15) is 4.79 Å². The smallest absolute Gasteiger partial charge is 0.362 e. The molecule has 0 heterocycles. The molecule has 1 atom stereocenters. The van der Waals surface area contributed by atoms with Crippen molar-refractivity contribution in [1.82, 2.24) is 0 Å². The maximum absolute atomic E-state index is 10.3. The number of halogens is 1. The van der Waals surface area contributed by atoms with Crippen molar-refractivity contribution in [3.8, 4) is 0 Å². The number of rotatable bonds is 5. The molecule has 6 nitrogen and oxygen atoms in total. The van der Waals surface area contributed by atoms with Gasteiger partial charge in [-0.3, -0.25) is 4.99 Å². The summed E-state index contributed by atoms with van der Waals surface area (Å²) in [6.07, 6.45) is 1.13. The second kappa shape index (κ2) is 7.63. The summed E-state index contributed by atoms with van der Waals surface area (Å²) in [6, 6.07) is -0.570. The van der Waals surface area contributed by atoms with Crippen molar-refractivity contribution in [2.45, 2.75) is 18.9 Å². The van der Waals surface area contributed by atoms with Gasteiger partial charge in [-0.25, -0.2) is 4.79 Å². The van der Waals surface area contributed by atoms with Crippen LogP contribution in [0, 0.1) is 0 Å². The van der Waals surface area contributed by atoms with Crippen LogP contribution in [0.5, 0.6) is 0 Å². The first-order chi connectivity index (χ1) is 5.54. The van der Waals surface area contributed by atoms with Crippen LogP contribution < -0.4 is 29.6 Å². The molecule has 13 heavy (non-hydrogen) atoms. The molecule has 0 aromatic rings. The lowest BCUT2D eigenvalue weighted by Crippen LogP contribution is -3.00. The first kappa shape index (κ1) is 14.5. The van der Waals surface area contributed by atoms with Gasteiger partial charge in [0.05, 0.1) is 0 Å². The van der Waals surface area contributed by atoms with Crippen LogP contribution in [0.15, 0.2) is 4.99 Å². The second-order valence-electron chi connectivity index (χ2n) is 2.48. The van der Waals surface area contributed by atoms with Crippen molar-refractivity contribution in [1.29, 1.82) is 0 Å². The largest absolute Gasteiger partial charge is 1.00 e. The molecule has 0 amide bonds. The summed E-state index contributed by atoms with van der Waals surface area (Å²) in [5, 5.41) is 8.44. The third-order valence-corrected chi connectivity index (χ3v) is 1.35. The molecule has 0 saturated heterocycles. The van der Waals surface area contributed by atoms with Crippen molar-refractivity contribution >= 4 is 11.9 Å². The molecular formula is C6H15ClN4O2. The Morgan fingerprint density at radius 2 is 2.08 bits per heavy atom. The minimum Gasteiger partial charge on any atom is -1.00 e. The molecule has 7 heteroatoms. The van der Waals surface area contributed by atoms with Crippen molar-refractivity contribution in [3.63, 3.8) is 0 Å². The molecule has 0 aromatic heterocycles. The lowest BCUT2D eigenvalue weighted by Gasteiger charge is -2.00. The molecule has 0 saturated carbocycles. The molecular weight excluding hydrogens is 197 g/mol. The predicted molar refractivity (Wildman–Crippen MR) is 44.2 cm³/mol. The van der Waals surface area contributed by atoms with Gasteiger partial charge in [-0.1, -0.05) is 0 Å². The van der Waals surface area contributed by atoms with Gasteiger partial charge in [0.2, 0.25) is 0 Å². The number of nitrogens with two attached hydrogens (primary N) is 2. The summed E-state index contributed by atoms with van der Waals surface area (Å²) in [4.78, 5) is 14.0. The molecule has 0 spiro atoms. The van der Waals surface area contributed by atoms with Gasteiger partial charge in [-0.05, 0) is 6.42 Å². The zero-order valence-corrected chi connectivity index (χ0v) is 8.00. The van der Waals surface area contributed by atoms with Gasteiger partial charge >= 0.3 is 5.97 Å². The number of guanidine groups is 1. The molecule has 0 radical (unpaired) electrons. The minimum absolute atomic E-state index is 0. The highest BCUT2D eigenvalue weighted by Gasteiger charge is 2.13.